The van der Waals surface area contributed by atoms with Crippen molar-refractivity contribution in [3.63, 3.8) is 0 Å². The fourth-order valence-electron chi connectivity index (χ4n) is 2.81. The van der Waals surface area contributed by atoms with E-state index in [4.69, 9.17) is 4.74 Å². The maximum Gasteiger partial charge on any atom is 0.328 e. The standard InChI is InChI=1S/C18H19NO3S/c20-17(16-9-5-13-23-16)19-11-4-8-15(19)18(21)22-12-10-14-6-2-1-3-7-14/h1-3,5-7,9,13,15H,4,8,10-12H2. The van der Waals surface area contributed by atoms with Crippen LogP contribution in [0.15, 0.2) is 47.8 Å². The summed E-state index contributed by atoms with van der Waals surface area (Å²) in [5.74, 6) is -0.356. The average molecular weight is 329 g/mol. The van der Waals surface area contributed by atoms with Gasteiger partial charge in [-0.2, -0.15) is 0 Å². The van der Waals surface area contributed by atoms with E-state index in [0.29, 0.717) is 30.9 Å². The Hall–Kier alpha value is -2.14. The molecule has 1 fully saturated rings. The maximum absolute atomic E-state index is 12.4. The monoisotopic (exact) mass is 329 g/mol. The fourth-order valence-corrected chi connectivity index (χ4v) is 3.49. The fraction of sp³-hybridized carbons (Fsp3) is 0.333. The number of carbonyl (C=O) groups excluding carboxylic acids is 2. The molecule has 0 bridgehead atoms. The lowest BCUT2D eigenvalue weighted by Crippen LogP contribution is -2.41. The highest BCUT2D eigenvalue weighted by Crippen LogP contribution is 2.23. The summed E-state index contributed by atoms with van der Waals surface area (Å²) in [5, 5.41) is 1.87. The van der Waals surface area contributed by atoms with Crippen LogP contribution in [0, 0.1) is 0 Å². The molecule has 3 rings (SSSR count). The third-order valence-electron chi connectivity index (χ3n) is 4.00. The van der Waals surface area contributed by atoms with Gasteiger partial charge in [-0.15, -0.1) is 11.3 Å². The van der Waals surface area contributed by atoms with E-state index in [-0.39, 0.29) is 11.9 Å². The van der Waals surface area contributed by atoms with E-state index in [1.807, 2.05) is 41.8 Å². The number of thiophene rings is 1. The molecule has 1 saturated heterocycles. The summed E-state index contributed by atoms with van der Waals surface area (Å²) in [6, 6.07) is 13.1. The molecule has 2 heterocycles. The van der Waals surface area contributed by atoms with Crippen LogP contribution in [0.4, 0.5) is 0 Å². The Morgan fingerprint density at radius 2 is 2.00 bits per heavy atom. The van der Waals surface area contributed by atoms with Crippen molar-refractivity contribution in [1.82, 2.24) is 4.90 Å². The predicted molar refractivity (Wildman–Crippen MR) is 89.5 cm³/mol. The average Bonchev–Trinajstić information content (AvgIpc) is 3.27. The molecular weight excluding hydrogens is 310 g/mol. The van der Waals surface area contributed by atoms with Gasteiger partial charge in [-0.1, -0.05) is 36.4 Å². The SMILES string of the molecule is O=C(OCCc1ccccc1)C1CCCN1C(=O)c1cccs1. The van der Waals surface area contributed by atoms with E-state index in [0.717, 1.165) is 12.0 Å². The topological polar surface area (TPSA) is 46.6 Å². The molecular formula is C18H19NO3S. The Labute approximate surface area is 139 Å². The predicted octanol–water partition coefficient (Wildman–Crippen LogP) is 3.14. The summed E-state index contributed by atoms with van der Waals surface area (Å²) in [4.78, 5) is 27.1. The lowest BCUT2D eigenvalue weighted by Gasteiger charge is -2.22. The van der Waals surface area contributed by atoms with Crippen LogP contribution in [0.5, 0.6) is 0 Å². The molecule has 1 aliphatic rings. The van der Waals surface area contributed by atoms with E-state index >= 15 is 0 Å². The molecule has 1 unspecified atom stereocenters. The molecule has 1 aliphatic heterocycles. The summed E-state index contributed by atoms with van der Waals surface area (Å²) in [7, 11) is 0. The van der Waals surface area contributed by atoms with Gasteiger partial charge in [-0.05, 0) is 29.9 Å². The van der Waals surface area contributed by atoms with Crippen LogP contribution in [0.1, 0.15) is 28.1 Å². The zero-order chi connectivity index (χ0) is 16.1. The molecule has 1 aromatic heterocycles. The number of benzene rings is 1. The summed E-state index contributed by atoms with van der Waals surface area (Å²) < 4.78 is 5.40. The minimum atomic E-state index is -0.444. The number of likely N-dealkylation sites (tertiary alicyclic amines) is 1. The number of rotatable bonds is 5. The van der Waals surface area contributed by atoms with Gasteiger partial charge in [-0.25, -0.2) is 4.79 Å². The van der Waals surface area contributed by atoms with Crippen molar-refractivity contribution in [2.24, 2.45) is 0 Å². The number of hydrogen-bond donors (Lipinski definition) is 0. The van der Waals surface area contributed by atoms with Crippen LogP contribution in [0.25, 0.3) is 0 Å². The first-order valence-electron chi connectivity index (χ1n) is 7.81. The molecule has 0 spiro atoms. The van der Waals surface area contributed by atoms with Gasteiger partial charge in [0, 0.05) is 13.0 Å². The highest BCUT2D eigenvalue weighted by Gasteiger charge is 2.35. The van der Waals surface area contributed by atoms with Gasteiger partial charge in [0.1, 0.15) is 6.04 Å². The van der Waals surface area contributed by atoms with Crippen molar-refractivity contribution >= 4 is 23.2 Å². The highest BCUT2D eigenvalue weighted by atomic mass is 32.1. The number of ether oxygens (including phenoxy) is 1. The lowest BCUT2D eigenvalue weighted by molar-refractivity contribution is -0.148. The Bertz CT molecular complexity index is 654. The quantitative estimate of drug-likeness (QED) is 0.792. The number of carbonyl (C=O) groups is 2. The summed E-state index contributed by atoms with van der Waals surface area (Å²) >= 11 is 1.40. The van der Waals surface area contributed by atoms with Gasteiger partial charge in [0.2, 0.25) is 0 Å². The van der Waals surface area contributed by atoms with Gasteiger partial charge in [-0.3, -0.25) is 4.79 Å². The van der Waals surface area contributed by atoms with E-state index in [9.17, 15) is 9.59 Å². The van der Waals surface area contributed by atoms with Gasteiger partial charge in [0.15, 0.2) is 0 Å². The molecule has 0 aliphatic carbocycles. The van der Waals surface area contributed by atoms with Crippen LogP contribution in [0.3, 0.4) is 0 Å². The van der Waals surface area contributed by atoms with E-state index in [2.05, 4.69) is 0 Å². The second kappa shape index (κ2) is 7.42. The molecule has 23 heavy (non-hydrogen) atoms. The molecule has 1 atom stereocenters. The number of hydrogen-bond acceptors (Lipinski definition) is 4. The first kappa shape index (κ1) is 15.7. The zero-order valence-electron chi connectivity index (χ0n) is 12.8. The zero-order valence-corrected chi connectivity index (χ0v) is 13.6. The largest absolute Gasteiger partial charge is 0.464 e. The Balaban J connectivity index is 1.55. The second-order valence-corrected chi connectivity index (χ2v) is 6.48. The normalized spacial score (nSPS) is 17.2. The molecule has 1 amide bonds. The molecule has 4 nitrogen and oxygen atoms in total. The molecule has 0 N–H and O–H groups in total. The van der Waals surface area contributed by atoms with Crippen LogP contribution in [-0.4, -0.2) is 36.0 Å². The van der Waals surface area contributed by atoms with E-state index < -0.39 is 6.04 Å². The third kappa shape index (κ3) is 3.79. The number of nitrogens with zero attached hydrogens (tertiary/aromatic N) is 1. The van der Waals surface area contributed by atoms with Crippen LogP contribution >= 0.6 is 11.3 Å². The van der Waals surface area contributed by atoms with Gasteiger partial charge >= 0.3 is 5.97 Å². The van der Waals surface area contributed by atoms with E-state index in [1.54, 1.807) is 11.0 Å². The lowest BCUT2D eigenvalue weighted by atomic mass is 10.2. The molecule has 1 aromatic carbocycles. The van der Waals surface area contributed by atoms with Gasteiger partial charge in [0.25, 0.3) is 5.91 Å². The van der Waals surface area contributed by atoms with Crippen molar-refractivity contribution < 1.29 is 14.3 Å². The maximum atomic E-state index is 12.4. The molecule has 2 aromatic rings. The van der Waals surface area contributed by atoms with Crippen molar-refractivity contribution in [3.05, 3.63) is 58.3 Å². The first-order valence-corrected chi connectivity index (χ1v) is 8.69. The first-order chi connectivity index (χ1) is 11.3. The van der Waals surface area contributed by atoms with Crippen molar-refractivity contribution in [2.75, 3.05) is 13.2 Å². The number of amides is 1. The minimum absolute atomic E-state index is 0.0671. The van der Waals surface area contributed by atoms with Crippen molar-refractivity contribution in [3.8, 4) is 0 Å². The Morgan fingerprint density at radius 3 is 2.74 bits per heavy atom. The molecule has 0 saturated carbocycles. The van der Waals surface area contributed by atoms with E-state index in [1.165, 1.54) is 11.3 Å². The van der Waals surface area contributed by atoms with Crippen LogP contribution in [0.2, 0.25) is 0 Å². The Kier molecular flexibility index (Phi) is 5.08. The summed E-state index contributed by atoms with van der Waals surface area (Å²) in [6.45, 7) is 0.968. The second-order valence-electron chi connectivity index (χ2n) is 5.54. The van der Waals surface area contributed by atoms with Crippen molar-refractivity contribution in [2.45, 2.75) is 25.3 Å². The third-order valence-corrected chi connectivity index (χ3v) is 4.85. The number of esters is 1. The Morgan fingerprint density at radius 1 is 1.17 bits per heavy atom. The van der Waals surface area contributed by atoms with Crippen molar-refractivity contribution in [1.29, 1.82) is 0 Å². The van der Waals surface area contributed by atoms with Gasteiger partial charge in [0.05, 0.1) is 11.5 Å². The smallest absolute Gasteiger partial charge is 0.328 e. The summed E-state index contributed by atoms with van der Waals surface area (Å²) in [5.41, 5.74) is 1.14. The molecule has 0 radical (unpaired) electrons. The summed E-state index contributed by atoms with van der Waals surface area (Å²) in [6.07, 6.45) is 2.22. The van der Waals surface area contributed by atoms with Crippen LogP contribution in [-0.2, 0) is 16.0 Å². The molecule has 5 heteroatoms. The minimum Gasteiger partial charge on any atom is -0.464 e. The molecule has 120 valence electrons. The van der Waals surface area contributed by atoms with Gasteiger partial charge < -0.3 is 9.64 Å². The van der Waals surface area contributed by atoms with Crippen LogP contribution < -0.4 is 0 Å². The highest BCUT2D eigenvalue weighted by molar-refractivity contribution is 7.12.